The minimum atomic E-state index is -0.908. The molecule has 0 radical (unpaired) electrons. The van der Waals surface area contributed by atoms with Gasteiger partial charge >= 0.3 is 5.97 Å². The van der Waals surface area contributed by atoms with Gasteiger partial charge in [0.25, 0.3) is 5.91 Å². The number of carbonyl (C=O) groups is 2. The van der Waals surface area contributed by atoms with E-state index < -0.39 is 11.9 Å². The van der Waals surface area contributed by atoms with Crippen LogP contribution in [0.15, 0.2) is 18.2 Å². The van der Waals surface area contributed by atoms with Crippen molar-refractivity contribution in [2.75, 3.05) is 5.32 Å². The highest BCUT2D eigenvalue weighted by atomic mass is 35.5. The number of aliphatic carboxylic acids is 1. The summed E-state index contributed by atoms with van der Waals surface area (Å²) in [7, 11) is 0. The van der Waals surface area contributed by atoms with Gasteiger partial charge < -0.3 is 16.2 Å². The molecule has 104 valence electrons. The van der Waals surface area contributed by atoms with E-state index in [4.69, 9.17) is 22.4 Å². The summed E-state index contributed by atoms with van der Waals surface area (Å²) >= 11 is 5.88. The summed E-state index contributed by atoms with van der Waals surface area (Å²) in [6.07, 6.45) is -0.0532. The van der Waals surface area contributed by atoms with Gasteiger partial charge in [-0.05, 0) is 24.1 Å². The van der Waals surface area contributed by atoms with E-state index in [1.54, 1.807) is 12.1 Å². The standard InChI is InChI=1S/C13H17ClN2O3/c1-7(2)10(6-12(17)18)16-11-5-8(14)3-4-9(11)13(15)19/h3-5,7,10,16H,6H2,1-2H3,(H2,15,19)(H,17,18). The van der Waals surface area contributed by atoms with Crippen molar-refractivity contribution in [3.63, 3.8) is 0 Å². The third-order valence-electron chi connectivity index (χ3n) is 2.79. The van der Waals surface area contributed by atoms with Gasteiger partial charge in [-0.1, -0.05) is 25.4 Å². The summed E-state index contributed by atoms with van der Waals surface area (Å²) in [6.45, 7) is 3.80. The number of amides is 1. The zero-order chi connectivity index (χ0) is 14.6. The Labute approximate surface area is 116 Å². The fourth-order valence-electron chi connectivity index (χ4n) is 1.69. The number of benzene rings is 1. The molecule has 4 N–H and O–H groups in total. The first-order valence-electron chi connectivity index (χ1n) is 5.89. The average Bonchev–Trinajstić information content (AvgIpc) is 2.26. The van der Waals surface area contributed by atoms with E-state index in [0.717, 1.165) is 0 Å². The van der Waals surface area contributed by atoms with Crippen LogP contribution in [0.5, 0.6) is 0 Å². The monoisotopic (exact) mass is 284 g/mol. The summed E-state index contributed by atoms with van der Waals surface area (Å²) in [4.78, 5) is 22.2. The second-order valence-corrected chi connectivity index (χ2v) is 5.08. The van der Waals surface area contributed by atoms with Gasteiger partial charge in [-0.3, -0.25) is 9.59 Å². The van der Waals surface area contributed by atoms with Gasteiger partial charge in [0.05, 0.1) is 12.0 Å². The van der Waals surface area contributed by atoms with E-state index >= 15 is 0 Å². The van der Waals surface area contributed by atoms with Crippen molar-refractivity contribution in [1.82, 2.24) is 0 Å². The Kier molecular flexibility index (Phi) is 5.18. The number of nitrogens with two attached hydrogens (primary N) is 1. The maximum Gasteiger partial charge on any atom is 0.305 e. The Balaban J connectivity index is 3.04. The number of nitrogens with one attached hydrogen (secondary N) is 1. The lowest BCUT2D eigenvalue weighted by Gasteiger charge is -2.23. The molecular weight excluding hydrogens is 268 g/mol. The number of halogens is 1. The van der Waals surface area contributed by atoms with E-state index in [2.05, 4.69) is 5.32 Å². The Morgan fingerprint density at radius 2 is 2.05 bits per heavy atom. The number of primary amides is 1. The number of carboxylic acids is 1. The fourth-order valence-corrected chi connectivity index (χ4v) is 1.86. The van der Waals surface area contributed by atoms with Crippen LogP contribution in [0.25, 0.3) is 0 Å². The molecule has 0 aliphatic carbocycles. The van der Waals surface area contributed by atoms with Crippen molar-refractivity contribution in [3.8, 4) is 0 Å². The van der Waals surface area contributed by atoms with E-state index in [1.807, 2.05) is 13.8 Å². The zero-order valence-corrected chi connectivity index (χ0v) is 11.6. The highest BCUT2D eigenvalue weighted by Crippen LogP contribution is 2.23. The molecule has 0 fully saturated rings. The van der Waals surface area contributed by atoms with Crippen LogP contribution >= 0.6 is 11.6 Å². The number of hydrogen-bond donors (Lipinski definition) is 3. The highest BCUT2D eigenvalue weighted by molar-refractivity contribution is 6.31. The second-order valence-electron chi connectivity index (χ2n) is 4.65. The molecule has 1 atom stereocenters. The van der Waals surface area contributed by atoms with Gasteiger partial charge in [0.15, 0.2) is 0 Å². The molecule has 0 heterocycles. The van der Waals surface area contributed by atoms with Crippen LogP contribution in [0.2, 0.25) is 5.02 Å². The molecule has 0 saturated carbocycles. The van der Waals surface area contributed by atoms with Crippen LogP contribution in [-0.4, -0.2) is 23.0 Å². The Bertz CT molecular complexity index is 489. The molecule has 1 aromatic carbocycles. The third kappa shape index (κ3) is 4.44. The van der Waals surface area contributed by atoms with Crippen molar-refractivity contribution in [2.24, 2.45) is 11.7 Å². The molecular formula is C13H17ClN2O3. The molecule has 1 aromatic rings. The van der Waals surface area contributed by atoms with Crippen LogP contribution < -0.4 is 11.1 Å². The van der Waals surface area contributed by atoms with E-state index in [1.165, 1.54) is 6.07 Å². The van der Waals surface area contributed by atoms with Gasteiger partial charge in [0.1, 0.15) is 0 Å². The molecule has 0 aliphatic rings. The molecule has 1 amide bonds. The molecule has 0 bridgehead atoms. The smallest absolute Gasteiger partial charge is 0.305 e. The number of hydrogen-bond acceptors (Lipinski definition) is 3. The summed E-state index contributed by atoms with van der Waals surface area (Å²) in [5.74, 6) is -1.42. The first-order valence-corrected chi connectivity index (χ1v) is 6.26. The van der Waals surface area contributed by atoms with Crippen LogP contribution in [0.4, 0.5) is 5.69 Å². The lowest BCUT2D eigenvalue weighted by Crippen LogP contribution is -2.29. The third-order valence-corrected chi connectivity index (χ3v) is 3.02. The summed E-state index contributed by atoms with van der Waals surface area (Å²) in [5.41, 5.74) is 6.03. The van der Waals surface area contributed by atoms with Gasteiger partial charge in [-0.25, -0.2) is 0 Å². The topological polar surface area (TPSA) is 92.4 Å². The molecule has 0 aromatic heterocycles. The predicted molar refractivity (Wildman–Crippen MR) is 74.5 cm³/mol. The molecule has 19 heavy (non-hydrogen) atoms. The predicted octanol–water partition coefficient (Wildman–Crippen LogP) is 2.35. The molecule has 0 saturated heterocycles. The maximum atomic E-state index is 11.3. The number of rotatable bonds is 6. The molecule has 1 unspecified atom stereocenters. The Morgan fingerprint density at radius 1 is 1.42 bits per heavy atom. The van der Waals surface area contributed by atoms with Crippen LogP contribution in [0, 0.1) is 5.92 Å². The lowest BCUT2D eigenvalue weighted by molar-refractivity contribution is -0.137. The van der Waals surface area contributed by atoms with Crippen molar-refractivity contribution >= 4 is 29.2 Å². The SMILES string of the molecule is CC(C)C(CC(=O)O)Nc1cc(Cl)ccc1C(N)=O. The van der Waals surface area contributed by atoms with Gasteiger partial charge in [-0.15, -0.1) is 0 Å². The summed E-state index contributed by atoms with van der Waals surface area (Å²) < 4.78 is 0. The first-order chi connectivity index (χ1) is 8.81. The molecule has 0 aliphatic heterocycles. The van der Waals surface area contributed by atoms with E-state index in [0.29, 0.717) is 16.3 Å². The average molecular weight is 285 g/mol. The normalized spacial score (nSPS) is 12.2. The second kappa shape index (κ2) is 6.43. The molecule has 0 spiro atoms. The van der Waals surface area contributed by atoms with Crippen molar-refractivity contribution in [3.05, 3.63) is 28.8 Å². The van der Waals surface area contributed by atoms with Crippen LogP contribution in [-0.2, 0) is 4.79 Å². The highest BCUT2D eigenvalue weighted by Gasteiger charge is 2.19. The quantitative estimate of drug-likeness (QED) is 0.747. The summed E-state index contributed by atoms with van der Waals surface area (Å²) in [5, 5.41) is 12.4. The van der Waals surface area contributed by atoms with Crippen molar-refractivity contribution < 1.29 is 14.7 Å². The fraction of sp³-hybridized carbons (Fsp3) is 0.385. The van der Waals surface area contributed by atoms with Crippen molar-refractivity contribution in [1.29, 1.82) is 0 Å². The molecule has 6 heteroatoms. The Hall–Kier alpha value is -1.75. The first kappa shape index (κ1) is 15.3. The molecule has 5 nitrogen and oxygen atoms in total. The van der Waals surface area contributed by atoms with Gasteiger partial charge in [0.2, 0.25) is 0 Å². The van der Waals surface area contributed by atoms with E-state index in [9.17, 15) is 9.59 Å². The van der Waals surface area contributed by atoms with Crippen molar-refractivity contribution in [2.45, 2.75) is 26.3 Å². The lowest BCUT2D eigenvalue weighted by atomic mass is 10.00. The minimum Gasteiger partial charge on any atom is -0.481 e. The van der Waals surface area contributed by atoms with E-state index in [-0.39, 0.29) is 18.4 Å². The van der Waals surface area contributed by atoms with Crippen LogP contribution in [0.1, 0.15) is 30.6 Å². The largest absolute Gasteiger partial charge is 0.481 e. The number of carboxylic acid groups (broad SMARTS) is 1. The van der Waals surface area contributed by atoms with Gasteiger partial charge in [0, 0.05) is 16.8 Å². The maximum absolute atomic E-state index is 11.3. The van der Waals surface area contributed by atoms with Gasteiger partial charge in [-0.2, -0.15) is 0 Å². The summed E-state index contributed by atoms with van der Waals surface area (Å²) in [6, 6.07) is 4.34. The zero-order valence-electron chi connectivity index (χ0n) is 10.8. The molecule has 1 rings (SSSR count). The van der Waals surface area contributed by atoms with Crippen LogP contribution in [0.3, 0.4) is 0 Å². The minimum absolute atomic E-state index is 0.0532. The Morgan fingerprint density at radius 3 is 2.53 bits per heavy atom. The number of carbonyl (C=O) groups excluding carboxylic acids is 1. The number of anilines is 1.